The summed E-state index contributed by atoms with van der Waals surface area (Å²) in [6.07, 6.45) is 4.55. The summed E-state index contributed by atoms with van der Waals surface area (Å²) in [5, 5.41) is 1.21. The van der Waals surface area contributed by atoms with Crippen LogP contribution in [0, 0.1) is 0 Å². The number of thiocarbonyl (C=S) groups is 1. The van der Waals surface area contributed by atoms with E-state index in [0.29, 0.717) is 4.99 Å². The molecule has 0 atom stereocenters. The topological polar surface area (TPSA) is 30.9 Å². The number of nitrogens with zero attached hydrogens (tertiary/aromatic N) is 1. The number of nitrogens with two attached hydrogens (primary N) is 1. The van der Waals surface area contributed by atoms with E-state index in [9.17, 15) is 0 Å². The lowest BCUT2D eigenvalue weighted by atomic mass is 10.1. The second-order valence-corrected chi connectivity index (χ2v) is 4.44. The fourth-order valence-corrected chi connectivity index (χ4v) is 2.00. The molecule has 0 saturated carbocycles. The molecule has 2 N–H and O–H groups in total. The number of fused-ring (bicyclic) bond motifs is 1. The number of aromatic nitrogens is 1. The first-order valence-electron chi connectivity index (χ1n) is 5.61. The van der Waals surface area contributed by atoms with Crippen LogP contribution >= 0.6 is 12.2 Å². The van der Waals surface area contributed by atoms with Gasteiger partial charge in [-0.15, -0.1) is 0 Å². The van der Waals surface area contributed by atoms with Crippen molar-refractivity contribution in [3.05, 3.63) is 36.0 Å². The predicted octanol–water partition coefficient (Wildman–Crippen LogP) is 3.08. The second-order valence-electron chi connectivity index (χ2n) is 4.00. The lowest BCUT2D eigenvalue weighted by Gasteiger charge is -2.04. The number of hydrogen-bond acceptors (Lipinski definition) is 1. The average Bonchev–Trinajstić information content (AvgIpc) is 2.68. The maximum atomic E-state index is 5.62. The zero-order valence-corrected chi connectivity index (χ0v) is 10.3. The monoisotopic (exact) mass is 232 g/mol. The Balaban J connectivity index is 2.38. The lowest BCUT2D eigenvalue weighted by molar-refractivity contribution is 0.650. The maximum absolute atomic E-state index is 5.62. The quantitative estimate of drug-likeness (QED) is 0.821. The van der Waals surface area contributed by atoms with Crippen LogP contribution < -0.4 is 5.73 Å². The Morgan fingerprint density at radius 2 is 2.19 bits per heavy atom. The van der Waals surface area contributed by atoms with Crippen molar-refractivity contribution < 1.29 is 0 Å². The largest absolute Gasteiger partial charge is 0.389 e. The summed E-state index contributed by atoms with van der Waals surface area (Å²) in [4.78, 5) is 0.461. The molecule has 1 aromatic heterocycles. The first-order valence-corrected chi connectivity index (χ1v) is 6.02. The van der Waals surface area contributed by atoms with Crippen molar-refractivity contribution in [2.75, 3.05) is 0 Å². The minimum absolute atomic E-state index is 0.461. The van der Waals surface area contributed by atoms with Crippen molar-refractivity contribution in [3.8, 4) is 0 Å². The number of aryl methyl sites for hydroxylation is 1. The molecular weight excluding hydrogens is 216 g/mol. The summed E-state index contributed by atoms with van der Waals surface area (Å²) in [5.41, 5.74) is 7.81. The minimum atomic E-state index is 0.461. The summed E-state index contributed by atoms with van der Waals surface area (Å²) >= 11 is 4.97. The van der Waals surface area contributed by atoms with Crippen LogP contribution in [0.4, 0.5) is 0 Å². The highest BCUT2D eigenvalue weighted by Gasteiger charge is 2.03. The molecule has 84 valence electrons. The van der Waals surface area contributed by atoms with Gasteiger partial charge in [0, 0.05) is 29.2 Å². The molecule has 0 fully saturated rings. The number of hydrogen-bond donors (Lipinski definition) is 1. The maximum Gasteiger partial charge on any atom is 0.104 e. The zero-order chi connectivity index (χ0) is 11.5. The normalized spacial score (nSPS) is 10.8. The molecule has 0 saturated heterocycles. The molecule has 3 heteroatoms. The van der Waals surface area contributed by atoms with Gasteiger partial charge in [-0.3, -0.25) is 0 Å². The molecule has 0 bridgehead atoms. The molecule has 0 aliphatic rings. The average molecular weight is 232 g/mol. The van der Waals surface area contributed by atoms with Crippen LogP contribution in [0.5, 0.6) is 0 Å². The molecular formula is C13H16N2S. The van der Waals surface area contributed by atoms with Gasteiger partial charge in [0.1, 0.15) is 4.99 Å². The van der Waals surface area contributed by atoms with E-state index in [0.717, 1.165) is 12.1 Å². The molecule has 2 aromatic rings. The van der Waals surface area contributed by atoms with Crippen LogP contribution in [-0.4, -0.2) is 9.56 Å². The van der Waals surface area contributed by atoms with Crippen molar-refractivity contribution in [1.82, 2.24) is 4.57 Å². The Morgan fingerprint density at radius 3 is 2.88 bits per heavy atom. The summed E-state index contributed by atoms with van der Waals surface area (Å²) < 4.78 is 2.28. The highest BCUT2D eigenvalue weighted by atomic mass is 32.1. The standard InChI is InChI=1S/C13H16N2S/c1-2-3-7-15-8-6-10-9-11(13(14)16)4-5-12(10)15/h4-6,8-9H,2-3,7H2,1H3,(H2,14,16). The number of rotatable bonds is 4. The van der Waals surface area contributed by atoms with Crippen LogP contribution in [0.25, 0.3) is 10.9 Å². The van der Waals surface area contributed by atoms with E-state index in [4.69, 9.17) is 18.0 Å². The van der Waals surface area contributed by atoms with Crippen molar-refractivity contribution >= 4 is 28.1 Å². The Labute approximate surface area is 101 Å². The Hall–Kier alpha value is -1.35. The molecule has 0 spiro atoms. The van der Waals surface area contributed by atoms with Crippen molar-refractivity contribution in [2.45, 2.75) is 26.3 Å². The number of unbranched alkanes of at least 4 members (excludes halogenated alkanes) is 1. The SMILES string of the molecule is CCCCn1ccc2cc(C(N)=S)ccc21. The van der Waals surface area contributed by atoms with Crippen molar-refractivity contribution in [2.24, 2.45) is 5.73 Å². The fourth-order valence-electron chi connectivity index (χ4n) is 1.88. The highest BCUT2D eigenvalue weighted by molar-refractivity contribution is 7.80. The molecule has 0 aliphatic carbocycles. The Kier molecular flexibility index (Phi) is 3.25. The van der Waals surface area contributed by atoms with Crippen LogP contribution in [0.1, 0.15) is 25.3 Å². The molecule has 1 aromatic carbocycles. The van der Waals surface area contributed by atoms with Gasteiger partial charge in [0.2, 0.25) is 0 Å². The first kappa shape index (κ1) is 11.1. The first-order chi connectivity index (χ1) is 7.72. The van der Waals surface area contributed by atoms with Gasteiger partial charge in [0.05, 0.1) is 0 Å². The summed E-state index contributed by atoms with van der Waals surface area (Å²) in [6.45, 7) is 3.28. The van der Waals surface area contributed by atoms with Crippen molar-refractivity contribution in [1.29, 1.82) is 0 Å². The summed E-state index contributed by atoms with van der Waals surface area (Å²) in [7, 11) is 0. The minimum Gasteiger partial charge on any atom is -0.389 e. The summed E-state index contributed by atoms with van der Waals surface area (Å²) in [5.74, 6) is 0. The van der Waals surface area contributed by atoms with Gasteiger partial charge in [-0.25, -0.2) is 0 Å². The van der Waals surface area contributed by atoms with E-state index in [1.165, 1.54) is 23.7 Å². The molecule has 16 heavy (non-hydrogen) atoms. The highest BCUT2D eigenvalue weighted by Crippen LogP contribution is 2.18. The third kappa shape index (κ3) is 2.09. The van der Waals surface area contributed by atoms with E-state index in [1.54, 1.807) is 0 Å². The molecule has 0 radical (unpaired) electrons. The molecule has 0 unspecified atom stereocenters. The molecule has 1 heterocycles. The van der Waals surface area contributed by atoms with E-state index in [1.807, 2.05) is 6.07 Å². The van der Waals surface area contributed by atoms with Gasteiger partial charge < -0.3 is 10.3 Å². The number of benzene rings is 1. The molecule has 2 rings (SSSR count). The molecule has 0 amide bonds. The zero-order valence-electron chi connectivity index (χ0n) is 9.44. The smallest absolute Gasteiger partial charge is 0.104 e. The van der Waals surface area contributed by atoms with E-state index in [2.05, 4.69) is 35.9 Å². The van der Waals surface area contributed by atoms with Crippen LogP contribution in [0.15, 0.2) is 30.5 Å². The van der Waals surface area contributed by atoms with Gasteiger partial charge in [0.25, 0.3) is 0 Å². The second kappa shape index (κ2) is 4.66. The molecule has 2 nitrogen and oxygen atoms in total. The third-order valence-corrected chi connectivity index (χ3v) is 3.04. The fraction of sp³-hybridized carbons (Fsp3) is 0.308. The van der Waals surface area contributed by atoms with E-state index < -0.39 is 0 Å². The van der Waals surface area contributed by atoms with Crippen LogP contribution in [0.2, 0.25) is 0 Å². The lowest BCUT2D eigenvalue weighted by Crippen LogP contribution is -2.08. The van der Waals surface area contributed by atoms with Crippen LogP contribution in [-0.2, 0) is 6.54 Å². The van der Waals surface area contributed by atoms with E-state index >= 15 is 0 Å². The van der Waals surface area contributed by atoms with Gasteiger partial charge in [-0.2, -0.15) is 0 Å². The van der Waals surface area contributed by atoms with Crippen LogP contribution in [0.3, 0.4) is 0 Å². The molecule has 0 aliphatic heterocycles. The predicted molar refractivity (Wildman–Crippen MR) is 72.7 cm³/mol. The van der Waals surface area contributed by atoms with Gasteiger partial charge in [0.15, 0.2) is 0 Å². The Bertz CT molecular complexity index is 514. The van der Waals surface area contributed by atoms with Gasteiger partial charge in [-0.05, 0) is 30.7 Å². The summed E-state index contributed by atoms with van der Waals surface area (Å²) in [6, 6.07) is 8.26. The van der Waals surface area contributed by atoms with E-state index in [-0.39, 0.29) is 0 Å². The van der Waals surface area contributed by atoms with Crippen molar-refractivity contribution in [3.63, 3.8) is 0 Å². The van der Waals surface area contributed by atoms with Gasteiger partial charge >= 0.3 is 0 Å². The Morgan fingerprint density at radius 1 is 1.38 bits per heavy atom. The van der Waals surface area contributed by atoms with Gasteiger partial charge in [-0.1, -0.05) is 25.6 Å². The third-order valence-electron chi connectivity index (χ3n) is 2.81.